The van der Waals surface area contributed by atoms with Gasteiger partial charge in [0.2, 0.25) is 5.91 Å². The molecule has 19 heavy (non-hydrogen) atoms. The number of carbonyl (C=O) groups is 1. The molecule has 0 saturated carbocycles. The predicted molar refractivity (Wildman–Crippen MR) is 70.2 cm³/mol. The summed E-state index contributed by atoms with van der Waals surface area (Å²) in [6.07, 6.45) is 0. The van der Waals surface area contributed by atoms with Crippen molar-refractivity contribution in [2.45, 2.75) is 13.0 Å². The number of ether oxygens (including phenoxy) is 1. The van der Waals surface area contributed by atoms with Crippen LogP contribution in [0.2, 0.25) is 0 Å². The summed E-state index contributed by atoms with van der Waals surface area (Å²) in [5, 5.41) is 3.23. The summed E-state index contributed by atoms with van der Waals surface area (Å²) < 4.78 is 18.9. The highest BCUT2D eigenvalue weighted by Crippen LogP contribution is 2.18. The molecule has 0 aliphatic carbocycles. The van der Waals surface area contributed by atoms with Crippen LogP contribution in [-0.2, 0) is 9.53 Å². The Labute approximate surface area is 112 Å². The molecule has 1 saturated heterocycles. The molecule has 104 valence electrons. The fraction of sp³-hybridized carbons (Fsp3) is 0.500. The number of hydrogen-bond donors (Lipinski definition) is 1. The number of morpholine rings is 1. The summed E-state index contributed by atoms with van der Waals surface area (Å²) in [4.78, 5) is 13.5. The molecule has 1 amide bonds. The largest absolute Gasteiger partial charge is 0.370 e. The molecule has 1 aromatic rings. The van der Waals surface area contributed by atoms with Crippen molar-refractivity contribution in [1.29, 1.82) is 0 Å². The zero-order valence-electron chi connectivity index (χ0n) is 11.1. The van der Waals surface area contributed by atoms with Crippen LogP contribution in [0.15, 0.2) is 24.3 Å². The summed E-state index contributed by atoms with van der Waals surface area (Å²) in [6.45, 7) is 4.39. The second kappa shape index (κ2) is 6.63. The molecule has 0 bridgehead atoms. The smallest absolute Gasteiger partial charge is 0.248 e. The van der Waals surface area contributed by atoms with Gasteiger partial charge in [-0.2, -0.15) is 0 Å². The minimum Gasteiger partial charge on any atom is -0.370 e. The highest BCUT2D eigenvalue weighted by Gasteiger charge is 2.23. The molecular weight excluding hydrogens is 247 g/mol. The number of rotatable bonds is 5. The molecule has 5 heteroatoms. The second-order valence-corrected chi connectivity index (χ2v) is 4.52. The summed E-state index contributed by atoms with van der Waals surface area (Å²) in [7, 11) is 0. The molecule has 0 radical (unpaired) electrons. The maximum atomic E-state index is 13.8. The average molecular weight is 266 g/mol. The van der Waals surface area contributed by atoms with E-state index in [0.717, 1.165) is 6.54 Å². The normalized spacial score (nSPS) is 17.6. The van der Waals surface area contributed by atoms with E-state index in [1.165, 1.54) is 6.07 Å². The lowest BCUT2D eigenvalue weighted by molar-refractivity contribution is -0.143. The van der Waals surface area contributed by atoms with Crippen LogP contribution in [0.25, 0.3) is 0 Å². The lowest BCUT2D eigenvalue weighted by Gasteiger charge is -2.31. The third kappa shape index (κ3) is 3.52. The van der Waals surface area contributed by atoms with Crippen LogP contribution in [0.4, 0.5) is 4.39 Å². The summed E-state index contributed by atoms with van der Waals surface area (Å²) >= 11 is 0. The van der Waals surface area contributed by atoms with Gasteiger partial charge in [-0.1, -0.05) is 25.1 Å². The molecule has 2 rings (SSSR count). The van der Waals surface area contributed by atoms with Crippen molar-refractivity contribution in [3.63, 3.8) is 0 Å². The number of nitrogens with one attached hydrogen (secondary N) is 1. The van der Waals surface area contributed by atoms with Crippen molar-refractivity contribution in [1.82, 2.24) is 10.2 Å². The molecule has 0 aromatic heterocycles. The fourth-order valence-corrected chi connectivity index (χ4v) is 2.24. The molecule has 1 aromatic carbocycles. The molecule has 1 unspecified atom stereocenters. The van der Waals surface area contributed by atoms with Crippen molar-refractivity contribution in [3.05, 3.63) is 35.6 Å². The van der Waals surface area contributed by atoms with Crippen LogP contribution in [0.5, 0.6) is 0 Å². The molecule has 1 heterocycles. The highest BCUT2D eigenvalue weighted by molar-refractivity contribution is 5.78. The van der Waals surface area contributed by atoms with E-state index in [4.69, 9.17) is 4.74 Å². The van der Waals surface area contributed by atoms with Gasteiger partial charge >= 0.3 is 0 Å². The number of amides is 1. The first-order chi connectivity index (χ1) is 9.22. The van der Waals surface area contributed by atoms with E-state index >= 15 is 0 Å². The fourth-order valence-electron chi connectivity index (χ4n) is 2.24. The van der Waals surface area contributed by atoms with Crippen LogP contribution in [0.3, 0.4) is 0 Å². The van der Waals surface area contributed by atoms with E-state index in [1.54, 1.807) is 17.0 Å². The first kappa shape index (κ1) is 14.0. The first-order valence-electron chi connectivity index (χ1n) is 6.55. The van der Waals surface area contributed by atoms with E-state index in [1.807, 2.05) is 13.0 Å². The van der Waals surface area contributed by atoms with Crippen LogP contribution < -0.4 is 5.32 Å². The van der Waals surface area contributed by atoms with Crippen LogP contribution in [-0.4, -0.2) is 43.7 Å². The Bertz CT molecular complexity index is 439. The summed E-state index contributed by atoms with van der Waals surface area (Å²) in [6, 6.07) is 6.49. The maximum absolute atomic E-state index is 13.8. The molecule has 1 aliphatic heterocycles. The highest BCUT2D eigenvalue weighted by atomic mass is 19.1. The van der Waals surface area contributed by atoms with Gasteiger partial charge in [0.1, 0.15) is 12.4 Å². The third-order valence-electron chi connectivity index (χ3n) is 3.22. The first-order valence-corrected chi connectivity index (χ1v) is 6.55. The molecule has 1 atom stereocenters. The van der Waals surface area contributed by atoms with Crippen LogP contribution in [0.1, 0.15) is 18.5 Å². The summed E-state index contributed by atoms with van der Waals surface area (Å²) in [5.74, 6) is -0.278. The topological polar surface area (TPSA) is 41.6 Å². The van der Waals surface area contributed by atoms with Gasteiger partial charge in [-0.25, -0.2) is 4.39 Å². The maximum Gasteiger partial charge on any atom is 0.248 e. The Hall–Kier alpha value is -1.46. The van der Waals surface area contributed by atoms with E-state index in [2.05, 4.69) is 5.32 Å². The van der Waals surface area contributed by atoms with Crippen molar-refractivity contribution >= 4 is 5.91 Å². The van der Waals surface area contributed by atoms with Gasteiger partial charge in [0.15, 0.2) is 0 Å². The number of hydrogen-bond acceptors (Lipinski definition) is 3. The quantitative estimate of drug-likeness (QED) is 0.874. The Balaban J connectivity index is 2.11. The lowest BCUT2D eigenvalue weighted by Crippen LogP contribution is -2.45. The minimum atomic E-state index is -0.242. The number of benzene rings is 1. The van der Waals surface area contributed by atoms with Gasteiger partial charge in [-0.05, 0) is 12.6 Å². The SMILES string of the molecule is CCNC(CN1CCOCC1=O)c1ccccc1F. The number of nitrogens with zero attached hydrogens (tertiary/aromatic N) is 1. The number of likely N-dealkylation sites (N-methyl/N-ethyl adjacent to an activating group) is 1. The van der Waals surface area contributed by atoms with Crippen molar-refractivity contribution in [3.8, 4) is 0 Å². The Kier molecular flexibility index (Phi) is 4.87. The number of carbonyl (C=O) groups excluding carboxylic acids is 1. The van der Waals surface area contributed by atoms with Gasteiger partial charge in [0, 0.05) is 18.7 Å². The zero-order chi connectivity index (χ0) is 13.7. The molecule has 1 N–H and O–H groups in total. The van der Waals surface area contributed by atoms with E-state index < -0.39 is 0 Å². The minimum absolute atomic E-state index is 0.0366. The standard InChI is InChI=1S/C14H19FN2O2/c1-2-16-13(11-5-3-4-6-12(11)15)9-17-7-8-19-10-14(17)18/h3-6,13,16H,2,7-10H2,1H3. The Morgan fingerprint density at radius 1 is 1.47 bits per heavy atom. The van der Waals surface area contributed by atoms with Gasteiger partial charge in [-0.15, -0.1) is 0 Å². The predicted octanol–water partition coefficient (Wildman–Crippen LogP) is 1.34. The van der Waals surface area contributed by atoms with Gasteiger partial charge in [0.25, 0.3) is 0 Å². The molecule has 0 spiro atoms. The van der Waals surface area contributed by atoms with Crippen LogP contribution >= 0.6 is 0 Å². The van der Waals surface area contributed by atoms with E-state index in [9.17, 15) is 9.18 Å². The lowest BCUT2D eigenvalue weighted by atomic mass is 10.1. The van der Waals surface area contributed by atoms with Gasteiger partial charge < -0.3 is 15.0 Å². The van der Waals surface area contributed by atoms with Crippen LogP contribution in [0, 0.1) is 5.82 Å². The van der Waals surface area contributed by atoms with E-state index in [-0.39, 0.29) is 24.4 Å². The zero-order valence-corrected chi connectivity index (χ0v) is 11.1. The number of halogens is 1. The van der Waals surface area contributed by atoms with Crippen molar-refractivity contribution in [2.24, 2.45) is 0 Å². The summed E-state index contributed by atoms with van der Waals surface area (Å²) in [5.41, 5.74) is 0.601. The van der Waals surface area contributed by atoms with Gasteiger partial charge in [-0.3, -0.25) is 4.79 Å². The van der Waals surface area contributed by atoms with Crippen molar-refractivity contribution in [2.75, 3.05) is 32.8 Å². The van der Waals surface area contributed by atoms with Crippen molar-refractivity contribution < 1.29 is 13.9 Å². The Morgan fingerprint density at radius 3 is 2.95 bits per heavy atom. The molecule has 4 nitrogen and oxygen atoms in total. The second-order valence-electron chi connectivity index (χ2n) is 4.52. The molecule has 1 fully saturated rings. The molecular formula is C14H19FN2O2. The average Bonchev–Trinajstić information content (AvgIpc) is 2.41. The van der Waals surface area contributed by atoms with Gasteiger partial charge in [0.05, 0.1) is 12.6 Å². The monoisotopic (exact) mass is 266 g/mol. The molecule has 1 aliphatic rings. The van der Waals surface area contributed by atoms with E-state index in [0.29, 0.717) is 25.3 Å². The Morgan fingerprint density at radius 2 is 2.26 bits per heavy atom. The third-order valence-corrected chi connectivity index (χ3v) is 3.22.